The Morgan fingerprint density at radius 1 is 0.244 bits per heavy atom. The molecule has 0 saturated carbocycles. The molecule has 9 saturated heterocycles. The van der Waals surface area contributed by atoms with Crippen molar-refractivity contribution in [2.75, 3.05) is 59.5 Å². The summed E-state index contributed by atoms with van der Waals surface area (Å²) in [7, 11) is 0. The lowest BCUT2D eigenvalue weighted by atomic mass is 10.0. The third kappa shape index (κ3) is 13.7. The topological polar surface area (TPSA) is 562 Å². The number of rotatable bonds is 18. The molecule has 20 N–H and O–H groups in total. The maximum Gasteiger partial charge on any atom is 0.187 e. The standard InChI is InChI=1S/C45H74O37/c46-1-11-20(50)31(61)44(73-11)81-35-17(79-40-29(59)23(53)14(5-69-40)76-38-27(57)19(49)10(48)3-67-38)8-72-43(34(35)64)78-16-7-70-41(30(60)25(16)55)80-18-9-71-42(33(63)36(18)82-45-32(62)21(51)12(2-47)74-45)77-15-6-68-39(28(58)24(15)54)75-13-4-66-37(65)26(56)22(13)52/h10-65H,1-9H2/t10-,11+,12+,13-,14-,15-,16-,17-,18-,19+,20+,21+,22+,23+,24+,25+,26-,27-,28-,29-,30-,31-,32-,33-,34-,35+,36+,37-,38+,39+,40+,41+,42+,43+,44+,45+/m1/s1. The molecule has 9 rings (SSSR count). The van der Waals surface area contributed by atoms with Crippen LogP contribution in [0, 0.1) is 0 Å². The van der Waals surface area contributed by atoms with E-state index < -0.39 is 281 Å². The lowest BCUT2D eigenvalue weighted by Gasteiger charge is -2.47. The molecule has 0 unspecified atom stereocenters. The second-order valence-corrected chi connectivity index (χ2v) is 21.1. The van der Waals surface area contributed by atoms with Crippen LogP contribution in [-0.2, 0) is 80.5 Å². The van der Waals surface area contributed by atoms with Crippen LogP contribution in [0.25, 0.3) is 0 Å². The molecule has 0 aliphatic carbocycles. The molecule has 9 heterocycles. The smallest absolute Gasteiger partial charge is 0.187 e. The Balaban J connectivity index is 0.828. The number of aliphatic hydroxyl groups excluding tert-OH is 20. The van der Waals surface area contributed by atoms with Gasteiger partial charge in [-0.2, -0.15) is 0 Å². The van der Waals surface area contributed by atoms with E-state index in [0.29, 0.717) is 0 Å². The average Bonchev–Trinajstić information content (AvgIpc) is 4.08. The molecule has 37 heteroatoms. The van der Waals surface area contributed by atoms with E-state index in [-0.39, 0.29) is 0 Å². The van der Waals surface area contributed by atoms with Crippen molar-refractivity contribution in [3.63, 3.8) is 0 Å². The van der Waals surface area contributed by atoms with Crippen LogP contribution in [0.15, 0.2) is 0 Å². The maximum atomic E-state index is 11.8. The molecule has 36 atom stereocenters. The van der Waals surface area contributed by atoms with Gasteiger partial charge in [-0.05, 0) is 0 Å². The van der Waals surface area contributed by atoms with Gasteiger partial charge in [-0.25, -0.2) is 0 Å². The molecule has 0 radical (unpaired) electrons. The fourth-order valence-electron chi connectivity index (χ4n) is 10.4. The summed E-state index contributed by atoms with van der Waals surface area (Å²) in [4.78, 5) is 0. The minimum Gasteiger partial charge on any atom is -0.394 e. The van der Waals surface area contributed by atoms with Crippen molar-refractivity contribution in [3.05, 3.63) is 0 Å². The molecule has 9 fully saturated rings. The van der Waals surface area contributed by atoms with E-state index in [0.717, 1.165) is 0 Å². The summed E-state index contributed by atoms with van der Waals surface area (Å²) in [5.74, 6) is 0. The van der Waals surface area contributed by atoms with Crippen LogP contribution in [0.4, 0.5) is 0 Å². The van der Waals surface area contributed by atoms with Gasteiger partial charge in [0.1, 0.15) is 165 Å². The Kier molecular flexibility index (Phi) is 22.1. The molecule has 476 valence electrons. The third-order valence-corrected chi connectivity index (χ3v) is 15.5. The van der Waals surface area contributed by atoms with Gasteiger partial charge in [-0.15, -0.1) is 0 Å². The van der Waals surface area contributed by atoms with Gasteiger partial charge >= 0.3 is 0 Å². The highest BCUT2D eigenvalue weighted by molar-refractivity contribution is 4.97. The molecule has 0 aromatic carbocycles. The maximum absolute atomic E-state index is 11.8. The van der Waals surface area contributed by atoms with Gasteiger partial charge in [0, 0.05) is 0 Å². The van der Waals surface area contributed by atoms with Gasteiger partial charge < -0.3 is 183 Å². The van der Waals surface area contributed by atoms with Gasteiger partial charge in [-0.3, -0.25) is 0 Å². The summed E-state index contributed by atoms with van der Waals surface area (Å²) in [6.45, 7) is -5.45. The van der Waals surface area contributed by atoms with Crippen LogP contribution in [0.1, 0.15) is 0 Å². The first kappa shape index (κ1) is 65.0. The lowest BCUT2D eigenvalue weighted by Crippen LogP contribution is -2.64. The van der Waals surface area contributed by atoms with E-state index >= 15 is 0 Å². The van der Waals surface area contributed by atoms with E-state index in [1.54, 1.807) is 0 Å². The molecule has 0 spiro atoms. The predicted octanol–water partition coefficient (Wildman–Crippen LogP) is -14.9. The zero-order valence-corrected chi connectivity index (χ0v) is 43.0. The molecule has 0 bridgehead atoms. The largest absolute Gasteiger partial charge is 0.394 e. The summed E-state index contributed by atoms with van der Waals surface area (Å²) in [5, 5.41) is 212. The Morgan fingerprint density at radius 3 is 0.854 bits per heavy atom. The second-order valence-electron chi connectivity index (χ2n) is 21.1. The lowest BCUT2D eigenvalue weighted by molar-refractivity contribution is -0.378. The van der Waals surface area contributed by atoms with Gasteiger partial charge in [-0.1, -0.05) is 0 Å². The van der Waals surface area contributed by atoms with Crippen molar-refractivity contribution < 1.29 is 183 Å². The Morgan fingerprint density at radius 2 is 0.512 bits per heavy atom. The van der Waals surface area contributed by atoms with E-state index in [4.69, 9.17) is 80.5 Å². The van der Waals surface area contributed by atoms with E-state index in [2.05, 4.69) is 0 Å². The molecule has 0 aromatic rings. The van der Waals surface area contributed by atoms with Crippen molar-refractivity contribution in [1.82, 2.24) is 0 Å². The molecule has 37 nitrogen and oxygen atoms in total. The van der Waals surface area contributed by atoms with Crippen LogP contribution in [0.2, 0.25) is 0 Å². The minimum atomic E-state index is -2.06. The van der Waals surface area contributed by atoms with E-state index in [1.165, 1.54) is 0 Å². The number of ether oxygens (including phenoxy) is 17. The summed E-state index contributed by atoms with van der Waals surface area (Å²) >= 11 is 0. The van der Waals surface area contributed by atoms with Gasteiger partial charge in [0.05, 0.1) is 59.5 Å². The van der Waals surface area contributed by atoms with Crippen LogP contribution < -0.4 is 0 Å². The van der Waals surface area contributed by atoms with Crippen molar-refractivity contribution in [2.45, 2.75) is 221 Å². The summed E-state index contributed by atoms with van der Waals surface area (Å²) < 4.78 is 95.8. The molecule has 9 aliphatic heterocycles. The molecular weight excluding hydrogens is 1130 g/mol. The fourth-order valence-corrected chi connectivity index (χ4v) is 10.4. The van der Waals surface area contributed by atoms with E-state index in [1.807, 2.05) is 0 Å². The highest BCUT2D eigenvalue weighted by atomic mass is 16.8. The van der Waals surface area contributed by atoms with Crippen molar-refractivity contribution in [3.8, 4) is 0 Å². The third-order valence-electron chi connectivity index (χ3n) is 15.5. The van der Waals surface area contributed by atoms with E-state index in [9.17, 15) is 102 Å². The van der Waals surface area contributed by atoms with Crippen LogP contribution in [0.3, 0.4) is 0 Å². The van der Waals surface area contributed by atoms with Crippen molar-refractivity contribution in [1.29, 1.82) is 0 Å². The Hall–Kier alpha value is -1.48. The zero-order chi connectivity index (χ0) is 59.2. The monoisotopic (exact) mass is 1210 g/mol. The molecule has 9 aliphatic rings. The SMILES string of the molecule is OC[C@@H]1O[C@@H](O[C@@H]2[C@@H](O)[C@H](O[C@@H]3CO[C@@H](O[C@@H]4CO[C@@H](O)[C@H](O)[C@H]4O)[C@H](O)[C@H]3O)OC[C@H]2O[C@@H]2OC[C@@H](O[C@@H]3OC[C@@H](O[C@@H]4OC[C@@H](O[C@@H]5OC[C@@H](O)[C@H](O)[C@H]5O)[C@H](O)[C@H]4O)[C@H](O[C@@H]4O[C@@H](CO)[C@H](O)[C@H]4O)[C@H]3O)[C@H](O)[C@H]2O)[C@H](O)[C@H]1O. The van der Waals surface area contributed by atoms with Crippen LogP contribution >= 0.6 is 0 Å². The minimum absolute atomic E-state index is 0.437. The highest BCUT2D eigenvalue weighted by Crippen LogP contribution is 2.36. The van der Waals surface area contributed by atoms with Gasteiger partial charge in [0.25, 0.3) is 0 Å². The summed E-state index contributed by atoms with van der Waals surface area (Å²) in [6.07, 6.45) is -61.6. The molecule has 82 heavy (non-hydrogen) atoms. The van der Waals surface area contributed by atoms with Gasteiger partial charge in [0.2, 0.25) is 0 Å². The molecule has 0 aromatic heterocycles. The quantitative estimate of drug-likeness (QED) is 0.0606. The summed E-state index contributed by atoms with van der Waals surface area (Å²) in [6, 6.07) is 0. The first-order chi connectivity index (χ1) is 39.0. The molecule has 0 amide bonds. The average molecular weight is 1210 g/mol. The number of hydrogen-bond donors (Lipinski definition) is 20. The highest BCUT2D eigenvalue weighted by Gasteiger charge is 2.56. The predicted molar refractivity (Wildman–Crippen MR) is 243 cm³/mol. The molecular formula is C45H74O37. The number of hydrogen-bond acceptors (Lipinski definition) is 37. The zero-order valence-electron chi connectivity index (χ0n) is 43.0. The normalized spacial score (nSPS) is 54.3. The van der Waals surface area contributed by atoms with Gasteiger partial charge in [0.15, 0.2) is 56.6 Å². The van der Waals surface area contributed by atoms with Crippen LogP contribution in [0.5, 0.6) is 0 Å². The number of aliphatic hydroxyl groups is 20. The first-order valence-corrected chi connectivity index (χ1v) is 26.3. The Bertz CT molecular complexity index is 1980. The van der Waals surface area contributed by atoms with Crippen molar-refractivity contribution in [2.24, 2.45) is 0 Å². The second kappa shape index (κ2) is 27.9. The first-order valence-electron chi connectivity index (χ1n) is 26.3. The summed E-state index contributed by atoms with van der Waals surface area (Å²) in [5.41, 5.74) is 0. The Labute approximate surface area is 463 Å². The fraction of sp³-hybridized carbons (Fsp3) is 1.00. The van der Waals surface area contributed by atoms with Crippen molar-refractivity contribution >= 4 is 0 Å². The van der Waals surface area contributed by atoms with Crippen LogP contribution in [-0.4, -0.2) is 383 Å².